The predicted molar refractivity (Wildman–Crippen MR) is 72.9 cm³/mol. The molecular weight excluding hydrogens is 275 g/mol. The number of hydrogen-bond donors (Lipinski definition) is 2. The fourth-order valence-corrected chi connectivity index (χ4v) is 1.66. The van der Waals surface area contributed by atoms with Crippen molar-refractivity contribution in [2.75, 3.05) is 11.9 Å². The van der Waals surface area contributed by atoms with E-state index in [-0.39, 0.29) is 21.7 Å². The van der Waals surface area contributed by atoms with Crippen LogP contribution in [0.1, 0.15) is 13.8 Å². The van der Waals surface area contributed by atoms with Gasteiger partial charge >= 0.3 is 11.8 Å². The highest BCUT2D eigenvalue weighted by atomic mass is 35.5. The summed E-state index contributed by atoms with van der Waals surface area (Å²) < 4.78 is 0. The first-order valence-electron chi connectivity index (χ1n) is 5.45. The third kappa shape index (κ3) is 4.20. The molecule has 2 amide bonds. The van der Waals surface area contributed by atoms with E-state index in [0.29, 0.717) is 6.54 Å². The third-order valence-corrected chi connectivity index (χ3v) is 2.71. The van der Waals surface area contributed by atoms with E-state index in [1.165, 1.54) is 0 Å². The van der Waals surface area contributed by atoms with Gasteiger partial charge in [0.15, 0.2) is 0 Å². The van der Waals surface area contributed by atoms with Gasteiger partial charge in [-0.15, -0.1) is 0 Å². The lowest BCUT2D eigenvalue weighted by atomic mass is 10.2. The van der Waals surface area contributed by atoms with E-state index >= 15 is 0 Å². The highest BCUT2D eigenvalue weighted by Crippen LogP contribution is 2.29. The molecule has 2 N–H and O–H groups in total. The Labute approximate surface area is 116 Å². The van der Waals surface area contributed by atoms with Gasteiger partial charge in [-0.2, -0.15) is 0 Å². The number of benzene rings is 1. The van der Waals surface area contributed by atoms with Crippen molar-refractivity contribution in [3.8, 4) is 0 Å². The van der Waals surface area contributed by atoms with E-state index in [1.807, 2.05) is 13.8 Å². The molecule has 0 atom stereocenters. The Morgan fingerprint density at radius 3 is 2.22 bits per heavy atom. The lowest BCUT2D eigenvalue weighted by Gasteiger charge is -2.10. The molecule has 0 aromatic heterocycles. The molecule has 1 aromatic carbocycles. The van der Waals surface area contributed by atoms with E-state index in [0.717, 1.165) is 0 Å². The average Bonchev–Trinajstić information content (AvgIpc) is 2.30. The lowest BCUT2D eigenvalue weighted by molar-refractivity contribution is -0.136. The van der Waals surface area contributed by atoms with Gasteiger partial charge in [0.05, 0.1) is 15.7 Å². The molecule has 0 aliphatic rings. The van der Waals surface area contributed by atoms with E-state index in [9.17, 15) is 9.59 Å². The van der Waals surface area contributed by atoms with Crippen molar-refractivity contribution in [1.29, 1.82) is 0 Å². The monoisotopic (exact) mass is 288 g/mol. The van der Waals surface area contributed by atoms with Crippen LogP contribution in [0.4, 0.5) is 5.69 Å². The zero-order valence-corrected chi connectivity index (χ0v) is 11.6. The Balaban J connectivity index is 2.67. The first-order valence-corrected chi connectivity index (χ1v) is 6.20. The van der Waals surface area contributed by atoms with Crippen molar-refractivity contribution >= 4 is 40.7 Å². The normalized spacial score (nSPS) is 10.3. The van der Waals surface area contributed by atoms with Crippen molar-refractivity contribution in [1.82, 2.24) is 5.32 Å². The fourth-order valence-electron chi connectivity index (χ4n) is 1.16. The number of amides is 2. The zero-order valence-electron chi connectivity index (χ0n) is 10.1. The molecule has 0 heterocycles. The quantitative estimate of drug-likeness (QED) is 0.840. The van der Waals surface area contributed by atoms with Gasteiger partial charge in [-0.25, -0.2) is 0 Å². The minimum atomic E-state index is -0.786. The van der Waals surface area contributed by atoms with Crippen LogP contribution in [-0.2, 0) is 9.59 Å². The summed E-state index contributed by atoms with van der Waals surface area (Å²) in [5.74, 6) is -1.23. The van der Waals surface area contributed by atoms with Gasteiger partial charge in [-0.3, -0.25) is 9.59 Å². The molecule has 0 saturated carbocycles. The van der Waals surface area contributed by atoms with Crippen LogP contribution in [-0.4, -0.2) is 18.4 Å². The molecule has 0 saturated heterocycles. The molecule has 0 spiro atoms. The second-order valence-electron chi connectivity index (χ2n) is 4.15. The molecule has 1 rings (SSSR count). The fraction of sp³-hybridized carbons (Fsp3) is 0.333. The smallest absolute Gasteiger partial charge is 0.313 e. The van der Waals surface area contributed by atoms with Gasteiger partial charge in [0.2, 0.25) is 0 Å². The van der Waals surface area contributed by atoms with Crippen LogP contribution in [0, 0.1) is 5.92 Å². The van der Waals surface area contributed by atoms with Gasteiger partial charge in [-0.1, -0.05) is 43.1 Å². The van der Waals surface area contributed by atoms with E-state index in [2.05, 4.69) is 10.6 Å². The summed E-state index contributed by atoms with van der Waals surface area (Å²) >= 11 is 11.7. The van der Waals surface area contributed by atoms with Crippen LogP contribution in [0.2, 0.25) is 10.0 Å². The van der Waals surface area contributed by atoms with Crippen LogP contribution in [0.3, 0.4) is 0 Å². The molecular formula is C12H14Cl2N2O2. The standard InChI is InChI=1S/C12H14Cl2N2O2/c1-7(2)6-15-11(17)12(18)16-10-8(13)4-3-5-9(10)14/h3-5,7H,6H2,1-2H3,(H,15,17)(H,16,18). The molecule has 4 nitrogen and oxygen atoms in total. The van der Waals surface area contributed by atoms with Crippen molar-refractivity contribution in [3.63, 3.8) is 0 Å². The molecule has 6 heteroatoms. The Morgan fingerprint density at radius 1 is 1.17 bits per heavy atom. The minimum Gasteiger partial charge on any atom is -0.348 e. The highest BCUT2D eigenvalue weighted by molar-refractivity contribution is 6.44. The van der Waals surface area contributed by atoms with E-state index in [1.54, 1.807) is 18.2 Å². The van der Waals surface area contributed by atoms with E-state index < -0.39 is 11.8 Å². The van der Waals surface area contributed by atoms with Crippen LogP contribution in [0.15, 0.2) is 18.2 Å². The van der Waals surface area contributed by atoms with E-state index in [4.69, 9.17) is 23.2 Å². The molecule has 98 valence electrons. The highest BCUT2D eigenvalue weighted by Gasteiger charge is 2.16. The maximum atomic E-state index is 11.6. The Bertz CT molecular complexity index is 441. The number of hydrogen-bond acceptors (Lipinski definition) is 2. The molecule has 18 heavy (non-hydrogen) atoms. The van der Waals surface area contributed by atoms with Crippen LogP contribution in [0.5, 0.6) is 0 Å². The first kappa shape index (κ1) is 14.8. The second kappa shape index (κ2) is 6.61. The molecule has 0 fully saturated rings. The van der Waals surface area contributed by atoms with Gasteiger partial charge in [0.25, 0.3) is 0 Å². The third-order valence-electron chi connectivity index (χ3n) is 2.08. The van der Waals surface area contributed by atoms with Crippen molar-refractivity contribution in [2.45, 2.75) is 13.8 Å². The largest absolute Gasteiger partial charge is 0.348 e. The maximum absolute atomic E-state index is 11.6. The second-order valence-corrected chi connectivity index (χ2v) is 4.97. The number of rotatable bonds is 3. The summed E-state index contributed by atoms with van der Waals surface area (Å²) in [7, 11) is 0. The topological polar surface area (TPSA) is 58.2 Å². The van der Waals surface area contributed by atoms with Crippen molar-refractivity contribution in [3.05, 3.63) is 28.2 Å². The molecule has 0 aliphatic heterocycles. The summed E-state index contributed by atoms with van der Waals surface area (Å²) in [6.07, 6.45) is 0. The van der Waals surface area contributed by atoms with Crippen LogP contribution >= 0.6 is 23.2 Å². The Morgan fingerprint density at radius 2 is 1.72 bits per heavy atom. The average molecular weight is 289 g/mol. The summed E-state index contributed by atoms with van der Waals surface area (Å²) in [4.78, 5) is 23.1. The molecule has 0 bridgehead atoms. The van der Waals surface area contributed by atoms with Crippen LogP contribution in [0.25, 0.3) is 0 Å². The number of carbonyl (C=O) groups excluding carboxylic acids is 2. The van der Waals surface area contributed by atoms with Gasteiger partial charge in [0.1, 0.15) is 0 Å². The molecule has 1 aromatic rings. The number of anilines is 1. The molecule has 0 aliphatic carbocycles. The Kier molecular flexibility index (Phi) is 5.44. The summed E-state index contributed by atoms with van der Waals surface area (Å²) in [5, 5.41) is 5.46. The first-order chi connectivity index (χ1) is 8.41. The van der Waals surface area contributed by atoms with Crippen molar-refractivity contribution in [2.24, 2.45) is 5.92 Å². The summed E-state index contributed by atoms with van der Waals surface area (Å²) in [5.41, 5.74) is 0.241. The number of carbonyl (C=O) groups is 2. The minimum absolute atomic E-state index is 0.241. The van der Waals surface area contributed by atoms with Gasteiger partial charge in [0, 0.05) is 6.54 Å². The number of nitrogens with one attached hydrogen (secondary N) is 2. The zero-order chi connectivity index (χ0) is 13.7. The molecule has 0 radical (unpaired) electrons. The predicted octanol–water partition coefficient (Wildman–Crippen LogP) is 2.70. The van der Waals surface area contributed by atoms with Crippen molar-refractivity contribution < 1.29 is 9.59 Å². The number of para-hydroxylation sites is 1. The van der Waals surface area contributed by atoms with Crippen LogP contribution < -0.4 is 10.6 Å². The van der Waals surface area contributed by atoms with Gasteiger partial charge in [-0.05, 0) is 18.1 Å². The van der Waals surface area contributed by atoms with Gasteiger partial charge < -0.3 is 10.6 Å². The Hall–Kier alpha value is -1.26. The lowest BCUT2D eigenvalue weighted by Crippen LogP contribution is -2.37. The summed E-state index contributed by atoms with van der Waals surface area (Å²) in [6, 6.07) is 4.81. The SMILES string of the molecule is CC(C)CNC(=O)C(=O)Nc1c(Cl)cccc1Cl. The summed E-state index contributed by atoms with van der Waals surface area (Å²) in [6.45, 7) is 4.30. The molecule has 0 unspecified atom stereocenters. The number of halogens is 2. The maximum Gasteiger partial charge on any atom is 0.313 e.